The zero-order chi connectivity index (χ0) is 18.9. The molecular formula is C20H32N4OS. The van der Waals surface area contributed by atoms with Crippen LogP contribution in [0.15, 0.2) is 29.3 Å². The van der Waals surface area contributed by atoms with E-state index in [2.05, 4.69) is 29.5 Å². The molecule has 26 heavy (non-hydrogen) atoms. The molecule has 3 rings (SSSR count). The summed E-state index contributed by atoms with van der Waals surface area (Å²) in [6.45, 7) is 6.29. The number of rotatable bonds is 6. The van der Waals surface area contributed by atoms with Crippen molar-refractivity contribution in [3.05, 3.63) is 29.8 Å². The first-order valence-electron chi connectivity index (χ1n) is 9.61. The molecule has 3 unspecified atom stereocenters. The molecule has 0 saturated carbocycles. The van der Waals surface area contributed by atoms with Gasteiger partial charge in [0.05, 0.1) is 12.1 Å². The number of benzene rings is 1. The number of aliphatic imine (C=N–C) groups is 1. The number of amides is 1. The number of thioether (sulfide) groups is 1. The van der Waals surface area contributed by atoms with Crippen molar-refractivity contribution >= 4 is 29.3 Å². The molecule has 0 radical (unpaired) electrons. The van der Waals surface area contributed by atoms with Gasteiger partial charge in [0, 0.05) is 23.1 Å². The molecule has 5 nitrogen and oxygen atoms in total. The standard InChI is InChI=1S/C17H24N4OS.C3H8/c1-11-6-8-12(9-7-11)19-15(22)5-3-2-4-14-16-13(10-23-14)20-17(18)21-16;1-3-2/h6-9,13-14,16H,2-5,10H2,1H3,(H,19,22)(H3,18,20,21);3H2,1-2H3. The minimum atomic E-state index is 0.0932. The summed E-state index contributed by atoms with van der Waals surface area (Å²) in [6, 6.07) is 8.63. The number of nitrogens with zero attached hydrogens (tertiary/aromatic N) is 1. The summed E-state index contributed by atoms with van der Waals surface area (Å²) in [4.78, 5) is 16.4. The quantitative estimate of drug-likeness (QED) is 0.662. The van der Waals surface area contributed by atoms with Crippen LogP contribution in [0.4, 0.5) is 5.69 Å². The third-order valence-corrected chi connectivity index (χ3v) is 5.88. The summed E-state index contributed by atoms with van der Waals surface area (Å²) in [7, 11) is 0. The first kappa shape index (κ1) is 20.6. The highest BCUT2D eigenvalue weighted by atomic mass is 32.2. The Labute approximate surface area is 161 Å². The number of guanidine groups is 1. The topological polar surface area (TPSA) is 79.5 Å². The SMILES string of the molecule is CCC.Cc1ccc(NC(=O)CCCCC2SCC3NC(N)=NC32)cc1. The maximum Gasteiger partial charge on any atom is 0.224 e. The number of hydrogen-bond donors (Lipinski definition) is 3. The second kappa shape index (κ2) is 10.5. The Morgan fingerprint density at radius 2 is 2.00 bits per heavy atom. The van der Waals surface area contributed by atoms with E-state index in [1.807, 2.05) is 43.0 Å². The number of fused-ring (bicyclic) bond motifs is 1. The third kappa shape index (κ3) is 6.24. The molecule has 6 heteroatoms. The van der Waals surface area contributed by atoms with E-state index in [9.17, 15) is 4.79 Å². The molecule has 2 heterocycles. The van der Waals surface area contributed by atoms with Gasteiger partial charge in [-0.25, -0.2) is 4.99 Å². The normalized spacial score (nSPS) is 23.3. The molecule has 2 aliphatic rings. The first-order chi connectivity index (χ1) is 12.5. The molecule has 144 valence electrons. The van der Waals surface area contributed by atoms with Crippen molar-refractivity contribution in [1.29, 1.82) is 0 Å². The summed E-state index contributed by atoms with van der Waals surface area (Å²) in [5.41, 5.74) is 7.81. The van der Waals surface area contributed by atoms with Crippen molar-refractivity contribution in [2.75, 3.05) is 11.1 Å². The smallest absolute Gasteiger partial charge is 0.224 e. The van der Waals surface area contributed by atoms with Crippen LogP contribution in [0.3, 0.4) is 0 Å². The molecule has 2 aliphatic heterocycles. The molecule has 3 atom stereocenters. The maximum absolute atomic E-state index is 12.0. The number of nitrogens with one attached hydrogen (secondary N) is 2. The van der Waals surface area contributed by atoms with Gasteiger partial charge in [-0.3, -0.25) is 4.79 Å². The van der Waals surface area contributed by atoms with Crippen LogP contribution in [0.5, 0.6) is 0 Å². The molecule has 1 aromatic rings. The van der Waals surface area contributed by atoms with Crippen LogP contribution in [-0.2, 0) is 4.79 Å². The fourth-order valence-corrected chi connectivity index (χ4v) is 4.63. The lowest BCUT2D eigenvalue weighted by atomic mass is 10.0. The fraction of sp³-hybridized carbons (Fsp3) is 0.600. The van der Waals surface area contributed by atoms with Gasteiger partial charge in [-0.15, -0.1) is 0 Å². The molecule has 0 aromatic heterocycles. The second-order valence-corrected chi connectivity index (χ2v) is 8.27. The van der Waals surface area contributed by atoms with Crippen LogP contribution in [0.2, 0.25) is 0 Å². The summed E-state index contributed by atoms with van der Waals surface area (Å²) in [5, 5.41) is 6.71. The van der Waals surface area contributed by atoms with E-state index in [0.717, 1.165) is 30.7 Å². The summed E-state index contributed by atoms with van der Waals surface area (Å²) in [5.74, 6) is 1.76. The van der Waals surface area contributed by atoms with Crippen molar-refractivity contribution in [3.63, 3.8) is 0 Å². The predicted octanol–water partition coefficient (Wildman–Crippen LogP) is 3.68. The molecular weight excluding hydrogens is 344 g/mol. The second-order valence-electron chi connectivity index (χ2n) is 6.99. The molecule has 1 fully saturated rings. The lowest BCUT2D eigenvalue weighted by molar-refractivity contribution is -0.116. The number of carbonyl (C=O) groups excluding carboxylic acids is 1. The number of unbranched alkanes of at least 4 members (excludes halogenated alkanes) is 1. The van der Waals surface area contributed by atoms with Crippen molar-refractivity contribution < 1.29 is 4.79 Å². The number of hydrogen-bond acceptors (Lipinski definition) is 5. The zero-order valence-corrected chi connectivity index (χ0v) is 16.9. The monoisotopic (exact) mass is 376 g/mol. The Kier molecular flexibility index (Phi) is 8.29. The van der Waals surface area contributed by atoms with Gasteiger partial charge in [-0.05, 0) is 31.9 Å². The van der Waals surface area contributed by atoms with E-state index in [1.54, 1.807) is 0 Å². The summed E-state index contributed by atoms with van der Waals surface area (Å²) >= 11 is 1.97. The van der Waals surface area contributed by atoms with Gasteiger partial charge in [-0.1, -0.05) is 44.4 Å². The van der Waals surface area contributed by atoms with Gasteiger partial charge in [0.2, 0.25) is 5.91 Å². The predicted molar refractivity (Wildman–Crippen MR) is 113 cm³/mol. The van der Waals surface area contributed by atoms with E-state index in [-0.39, 0.29) is 5.91 Å². The Hall–Kier alpha value is -1.69. The van der Waals surface area contributed by atoms with Crippen LogP contribution in [0.1, 0.15) is 51.5 Å². The van der Waals surface area contributed by atoms with Gasteiger partial charge in [0.15, 0.2) is 5.96 Å². The Morgan fingerprint density at radius 3 is 2.69 bits per heavy atom. The number of carbonyl (C=O) groups is 1. The molecule has 0 aliphatic carbocycles. The van der Waals surface area contributed by atoms with Crippen molar-refractivity contribution in [3.8, 4) is 0 Å². The maximum atomic E-state index is 12.0. The van der Waals surface area contributed by atoms with Crippen LogP contribution in [-0.4, -0.2) is 35.0 Å². The van der Waals surface area contributed by atoms with Crippen molar-refractivity contribution in [2.24, 2.45) is 10.7 Å². The van der Waals surface area contributed by atoms with E-state index in [1.165, 1.54) is 12.0 Å². The highest BCUT2D eigenvalue weighted by Gasteiger charge is 2.39. The largest absolute Gasteiger partial charge is 0.370 e. The Bertz CT molecular complexity index is 602. The first-order valence-corrected chi connectivity index (χ1v) is 10.7. The third-order valence-electron chi connectivity index (χ3n) is 4.38. The molecule has 0 bridgehead atoms. The van der Waals surface area contributed by atoms with Gasteiger partial charge in [0.1, 0.15) is 0 Å². The highest BCUT2D eigenvalue weighted by molar-refractivity contribution is 8.00. The molecule has 4 N–H and O–H groups in total. The lowest BCUT2D eigenvalue weighted by Crippen LogP contribution is -2.38. The van der Waals surface area contributed by atoms with E-state index < -0.39 is 0 Å². The van der Waals surface area contributed by atoms with E-state index in [0.29, 0.717) is 29.7 Å². The molecule has 1 saturated heterocycles. The minimum Gasteiger partial charge on any atom is -0.370 e. The average molecular weight is 377 g/mol. The van der Waals surface area contributed by atoms with Crippen molar-refractivity contribution in [2.45, 2.75) is 70.2 Å². The van der Waals surface area contributed by atoms with Gasteiger partial charge >= 0.3 is 0 Å². The van der Waals surface area contributed by atoms with E-state index >= 15 is 0 Å². The average Bonchev–Trinajstić information content (AvgIpc) is 3.14. The highest BCUT2D eigenvalue weighted by Crippen LogP contribution is 2.35. The van der Waals surface area contributed by atoms with E-state index in [4.69, 9.17) is 5.73 Å². The molecule has 1 amide bonds. The lowest BCUT2D eigenvalue weighted by Gasteiger charge is -2.14. The minimum absolute atomic E-state index is 0.0932. The van der Waals surface area contributed by atoms with Gasteiger partial charge in [0.25, 0.3) is 0 Å². The van der Waals surface area contributed by atoms with Gasteiger partial charge in [-0.2, -0.15) is 11.8 Å². The Morgan fingerprint density at radius 1 is 1.31 bits per heavy atom. The van der Waals surface area contributed by atoms with Crippen LogP contribution in [0, 0.1) is 6.92 Å². The number of anilines is 1. The molecule has 1 aromatic carbocycles. The summed E-state index contributed by atoms with van der Waals surface area (Å²) < 4.78 is 0. The van der Waals surface area contributed by atoms with Crippen LogP contribution < -0.4 is 16.4 Å². The Balaban J connectivity index is 0.000000758. The van der Waals surface area contributed by atoms with Crippen molar-refractivity contribution in [1.82, 2.24) is 5.32 Å². The van der Waals surface area contributed by atoms with Crippen LogP contribution in [0.25, 0.3) is 0 Å². The van der Waals surface area contributed by atoms with Gasteiger partial charge < -0.3 is 16.4 Å². The number of nitrogens with two attached hydrogens (primary N) is 1. The fourth-order valence-electron chi connectivity index (χ4n) is 3.12. The zero-order valence-electron chi connectivity index (χ0n) is 16.1. The summed E-state index contributed by atoms with van der Waals surface area (Å²) in [6.07, 6.45) is 4.89. The number of aryl methyl sites for hydroxylation is 1. The molecule has 0 spiro atoms. The van der Waals surface area contributed by atoms with Crippen LogP contribution >= 0.6 is 11.8 Å².